The van der Waals surface area contributed by atoms with Crippen LogP contribution in [0.5, 0.6) is 0 Å². The quantitative estimate of drug-likeness (QED) is 0.380. The Morgan fingerprint density at radius 2 is 2.16 bits per heavy atom. The van der Waals surface area contributed by atoms with Crippen molar-refractivity contribution in [2.75, 3.05) is 6.61 Å². The molecule has 19 heavy (non-hydrogen) atoms. The van der Waals surface area contributed by atoms with Crippen molar-refractivity contribution in [3.63, 3.8) is 0 Å². The fourth-order valence-corrected chi connectivity index (χ4v) is 1.21. The molecule has 0 aliphatic carbocycles. The number of carbonyl (C=O) groups is 2. The highest BCUT2D eigenvalue weighted by molar-refractivity contribution is 5.90. The lowest BCUT2D eigenvalue weighted by Crippen LogP contribution is -2.01. The summed E-state index contributed by atoms with van der Waals surface area (Å²) in [5.74, 6) is 2.28. The molecule has 0 bridgehead atoms. The van der Waals surface area contributed by atoms with Crippen LogP contribution < -0.4 is 0 Å². The van der Waals surface area contributed by atoms with Gasteiger partial charge in [0.05, 0.1) is 17.1 Å². The molecular formula is C12H9NO6. The smallest absolute Gasteiger partial charge is 0.384 e. The van der Waals surface area contributed by atoms with Gasteiger partial charge in [0, 0.05) is 12.0 Å². The van der Waals surface area contributed by atoms with E-state index in [1.54, 1.807) is 6.92 Å². The van der Waals surface area contributed by atoms with E-state index in [1.165, 1.54) is 12.1 Å². The van der Waals surface area contributed by atoms with Gasteiger partial charge < -0.3 is 9.84 Å². The third-order valence-electron chi connectivity index (χ3n) is 2.02. The van der Waals surface area contributed by atoms with E-state index in [9.17, 15) is 19.7 Å². The number of hydrogen-bond acceptors (Lipinski definition) is 5. The van der Waals surface area contributed by atoms with E-state index in [2.05, 4.69) is 16.6 Å². The van der Waals surface area contributed by atoms with E-state index in [4.69, 9.17) is 5.11 Å². The summed E-state index contributed by atoms with van der Waals surface area (Å²) in [6, 6.07) is 3.23. The first kappa shape index (κ1) is 14.2. The summed E-state index contributed by atoms with van der Waals surface area (Å²) in [5, 5.41) is 19.5. The number of aromatic carboxylic acids is 1. The number of benzene rings is 1. The lowest BCUT2D eigenvalue weighted by atomic mass is 10.1. The topological polar surface area (TPSA) is 107 Å². The predicted molar refractivity (Wildman–Crippen MR) is 63.6 cm³/mol. The lowest BCUT2D eigenvalue weighted by Gasteiger charge is -1.98. The average Bonchev–Trinajstić information content (AvgIpc) is 2.36. The maximum Gasteiger partial charge on any atom is 0.384 e. The van der Waals surface area contributed by atoms with Crippen molar-refractivity contribution in [1.29, 1.82) is 0 Å². The number of hydrogen-bond donors (Lipinski definition) is 1. The summed E-state index contributed by atoms with van der Waals surface area (Å²) >= 11 is 0. The zero-order valence-corrected chi connectivity index (χ0v) is 9.87. The Morgan fingerprint density at radius 1 is 1.47 bits per heavy atom. The maximum atomic E-state index is 11.0. The first-order valence-electron chi connectivity index (χ1n) is 5.16. The van der Waals surface area contributed by atoms with Gasteiger partial charge in [-0.25, -0.2) is 9.59 Å². The summed E-state index contributed by atoms with van der Waals surface area (Å²) in [6.07, 6.45) is 0. The molecule has 0 atom stereocenters. The van der Waals surface area contributed by atoms with Gasteiger partial charge in [0.25, 0.3) is 5.69 Å². The second-order valence-electron chi connectivity index (χ2n) is 3.26. The second kappa shape index (κ2) is 6.16. The monoisotopic (exact) mass is 263 g/mol. The highest BCUT2D eigenvalue weighted by Gasteiger charge is 2.16. The van der Waals surface area contributed by atoms with Gasteiger partial charge in [-0.2, -0.15) is 0 Å². The zero-order valence-electron chi connectivity index (χ0n) is 9.87. The summed E-state index contributed by atoms with van der Waals surface area (Å²) in [5.41, 5.74) is -0.756. The minimum Gasteiger partial charge on any atom is -0.478 e. The van der Waals surface area contributed by atoms with Gasteiger partial charge in [0.15, 0.2) is 0 Å². The molecule has 0 aromatic heterocycles. The number of carbonyl (C=O) groups excluding carboxylic acids is 1. The van der Waals surface area contributed by atoms with Crippen LogP contribution in [-0.4, -0.2) is 28.6 Å². The number of esters is 1. The first-order chi connectivity index (χ1) is 8.95. The van der Waals surface area contributed by atoms with E-state index in [0.717, 1.165) is 6.07 Å². The van der Waals surface area contributed by atoms with Gasteiger partial charge in [0.2, 0.25) is 0 Å². The number of rotatable bonds is 3. The Morgan fingerprint density at radius 3 is 2.68 bits per heavy atom. The van der Waals surface area contributed by atoms with Gasteiger partial charge in [-0.15, -0.1) is 0 Å². The van der Waals surface area contributed by atoms with Crippen molar-refractivity contribution in [2.45, 2.75) is 6.92 Å². The Hall–Kier alpha value is -2.88. The van der Waals surface area contributed by atoms with E-state index in [-0.39, 0.29) is 17.7 Å². The first-order valence-corrected chi connectivity index (χ1v) is 5.16. The van der Waals surface area contributed by atoms with Crippen molar-refractivity contribution in [2.24, 2.45) is 0 Å². The summed E-state index contributed by atoms with van der Waals surface area (Å²) in [4.78, 5) is 31.8. The molecule has 98 valence electrons. The van der Waals surface area contributed by atoms with Crippen LogP contribution in [0.25, 0.3) is 0 Å². The number of nitro groups is 1. The van der Waals surface area contributed by atoms with Gasteiger partial charge in [-0.05, 0) is 25.0 Å². The minimum atomic E-state index is -1.28. The third kappa shape index (κ3) is 3.81. The van der Waals surface area contributed by atoms with Gasteiger partial charge in [-0.3, -0.25) is 10.1 Å². The van der Waals surface area contributed by atoms with Crippen LogP contribution in [0.4, 0.5) is 5.69 Å². The summed E-state index contributed by atoms with van der Waals surface area (Å²) in [6.45, 7) is 1.75. The molecule has 0 radical (unpaired) electrons. The van der Waals surface area contributed by atoms with E-state index < -0.39 is 22.5 Å². The van der Waals surface area contributed by atoms with Crippen LogP contribution in [-0.2, 0) is 9.53 Å². The van der Waals surface area contributed by atoms with Crippen LogP contribution >= 0.6 is 0 Å². The van der Waals surface area contributed by atoms with Crippen LogP contribution in [0.3, 0.4) is 0 Å². The number of carboxylic acids is 1. The molecule has 0 heterocycles. The summed E-state index contributed by atoms with van der Waals surface area (Å²) < 4.78 is 4.55. The standard InChI is InChI=1S/C12H9NO6/c1-2-19-11(14)6-5-8-3-4-9(12(15)16)7-10(8)13(17)18/h3-4,7H,2H2,1H3,(H,15,16). The molecule has 0 fully saturated rings. The fourth-order valence-electron chi connectivity index (χ4n) is 1.21. The van der Waals surface area contributed by atoms with Crippen LogP contribution in [0.2, 0.25) is 0 Å². The van der Waals surface area contributed by atoms with Crippen molar-refractivity contribution < 1.29 is 24.4 Å². The molecule has 0 amide bonds. The number of carboxylic acid groups (broad SMARTS) is 1. The van der Waals surface area contributed by atoms with Crippen LogP contribution in [0.1, 0.15) is 22.8 Å². The van der Waals surface area contributed by atoms with Crippen LogP contribution in [0, 0.1) is 22.0 Å². The van der Waals surface area contributed by atoms with Crippen LogP contribution in [0.15, 0.2) is 18.2 Å². The maximum absolute atomic E-state index is 11.0. The largest absolute Gasteiger partial charge is 0.478 e. The fraction of sp³-hybridized carbons (Fsp3) is 0.167. The highest BCUT2D eigenvalue weighted by Crippen LogP contribution is 2.19. The van der Waals surface area contributed by atoms with E-state index in [1.807, 2.05) is 0 Å². The molecule has 1 rings (SSSR count). The molecular weight excluding hydrogens is 254 g/mol. The molecule has 1 aromatic rings. The molecule has 0 saturated carbocycles. The molecule has 1 aromatic carbocycles. The molecule has 0 aliphatic heterocycles. The minimum absolute atomic E-state index is 0.0527. The van der Waals surface area contributed by atoms with Crippen molar-refractivity contribution in [3.8, 4) is 11.8 Å². The number of nitrogens with zero attached hydrogens (tertiary/aromatic N) is 1. The molecule has 7 heteroatoms. The van der Waals surface area contributed by atoms with Crippen molar-refractivity contribution in [1.82, 2.24) is 0 Å². The molecule has 7 nitrogen and oxygen atoms in total. The van der Waals surface area contributed by atoms with E-state index >= 15 is 0 Å². The normalized spacial score (nSPS) is 9.11. The Labute approximate surface area is 108 Å². The number of ether oxygens (including phenoxy) is 1. The van der Waals surface area contributed by atoms with Gasteiger partial charge in [0.1, 0.15) is 5.56 Å². The van der Waals surface area contributed by atoms with Crippen molar-refractivity contribution >= 4 is 17.6 Å². The lowest BCUT2D eigenvalue weighted by molar-refractivity contribution is -0.385. The SMILES string of the molecule is CCOC(=O)C#Cc1ccc(C(=O)O)cc1[N+](=O)[O-]. The Kier molecular flexibility index (Phi) is 4.60. The van der Waals surface area contributed by atoms with Gasteiger partial charge in [-0.1, -0.05) is 0 Å². The summed E-state index contributed by atoms with van der Waals surface area (Å²) in [7, 11) is 0. The Balaban J connectivity index is 3.17. The zero-order chi connectivity index (χ0) is 14.4. The second-order valence-corrected chi connectivity index (χ2v) is 3.26. The average molecular weight is 263 g/mol. The predicted octanol–water partition coefficient (Wildman–Crippen LogP) is 1.21. The third-order valence-corrected chi connectivity index (χ3v) is 2.02. The molecule has 0 spiro atoms. The molecule has 1 N–H and O–H groups in total. The molecule has 0 saturated heterocycles. The Bertz CT molecular complexity index is 596. The molecule has 0 unspecified atom stereocenters. The molecule has 0 aliphatic rings. The van der Waals surface area contributed by atoms with Gasteiger partial charge >= 0.3 is 11.9 Å². The highest BCUT2D eigenvalue weighted by atomic mass is 16.6. The van der Waals surface area contributed by atoms with E-state index in [0.29, 0.717) is 0 Å². The van der Waals surface area contributed by atoms with Crippen molar-refractivity contribution in [3.05, 3.63) is 39.4 Å². The number of nitro benzene ring substituents is 1.